The first-order valence-electron chi connectivity index (χ1n) is 8.88. The summed E-state index contributed by atoms with van der Waals surface area (Å²) in [7, 11) is -3.93. The second-order valence-corrected chi connectivity index (χ2v) is 8.82. The number of rotatable bonds is 4. The summed E-state index contributed by atoms with van der Waals surface area (Å²) < 4.78 is 28.0. The van der Waals surface area contributed by atoms with E-state index in [1.807, 2.05) is 0 Å². The van der Waals surface area contributed by atoms with Crippen LogP contribution in [0.2, 0.25) is 0 Å². The highest BCUT2D eigenvalue weighted by atomic mass is 32.2. The molecule has 1 aliphatic heterocycles. The molecule has 0 spiro atoms. The Morgan fingerprint density at radius 2 is 1.73 bits per heavy atom. The van der Waals surface area contributed by atoms with Crippen molar-refractivity contribution in [1.82, 2.24) is 9.62 Å². The molecule has 142 valence electrons. The van der Waals surface area contributed by atoms with Crippen molar-refractivity contribution in [2.24, 2.45) is 0 Å². The van der Waals surface area contributed by atoms with E-state index in [1.165, 1.54) is 13.0 Å². The highest BCUT2D eigenvalue weighted by molar-refractivity contribution is 7.89. The molecule has 0 radical (unpaired) electrons. The fourth-order valence-corrected chi connectivity index (χ4v) is 5.31. The molecule has 2 N–H and O–H groups in total. The lowest BCUT2D eigenvalue weighted by Gasteiger charge is -2.25. The highest BCUT2D eigenvalue weighted by Gasteiger charge is 2.44. The molecule has 0 saturated heterocycles. The molecule has 0 atom stereocenters. The zero-order valence-corrected chi connectivity index (χ0v) is 15.6. The Kier molecular flexibility index (Phi) is 5.07. The third-order valence-corrected chi connectivity index (χ3v) is 6.97. The van der Waals surface area contributed by atoms with Crippen LogP contribution in [-0.4, -0.2) is 48.9 Å². The van der Waals surface area contributed by atoms with Gasteiger partial charge in [-0.3, -0.25) is 9.59 Å². The van der Waals surface area contributed by atoms with E-state index >= 15 is 0 Å². The summed E-state index contributed by atoms with van der Waals surface area (Å²) >= 11 is 0. The van der Waals surface area contributed by atoms with Gasteiger partial charge >= 0.3 is 5.97 Å². The minimum atomic E-state index is -3.93. The lowest BCUT2D eigenvalue weighted by molar-refractivity contribution is -0.143. The van der Waals surface area contributed by atoms with Gasteiger partial charge in [0.2, 0.25) is 15.9 Å². The number of benzene rings is 1. The van der Waals surface area contributed by atoms with E-state index in [0.29, 0.717) is 51.6 Å². The number of hydrogen-bond acceptors (Lipinski definition) is 4. The number of sulfonamides is 1. The van der Waals surface area contributed by atoms with Crippen LogP contribution in [0.5, 0.6) is 0 Å². The van der Waals surface area contributed by atoms with Crippen LogP contribution in [0.3, 0.4) is 0 Å². The molecule has 7 nitrogen and oxygen atoms in total. The van der Waals surface area contributed by atoms with Crippen molar-refractivity contribution in [3.8, 4) is 0 Å². The van der Waals surface area contributed by atoms with Gasteiger partial charge in [-0.25, -0.2) is 8.42 Å². The molecule has 2 aliphatic rings. The number of fused-ring (bicyclic) bond motifs is 1. The van der Waals surface area contributed by atoms with E-state index < -0.39 is 21.5 Å². The summed E-state index contributed by atoms with van der Waals surface area (Å²) in [4.78, 5) is 25.1. The second-order valence-electron chi connectivity index (χ2n) is 7.14. The van der Waals surface area contributed by atoms with Gasteiger partial charge in [-0.2, -0.15) is 4.72 Å². The van der Waals surface area contributed by atoms with Crippen LogP contribution in [0.4, 0.5) is 0 Å². The number of nitrogens with one attached hydrogen (secondary N) is 1. The Bertz CT molecular complexity index is 828. The highest BCUT2D eigenvalue weighted by Crippen LogP contribution is 2.32. The van der Waals surface area contributed by atoms with Crippen LogP contribution in [-0.2, 0) is 32.5 Å². The largest absolute Gasteiger partial charge is 0.480 e. The molecule has 26 heavy (non-hydrogen) atoms. The molecule has 0 unspecified atom stereocenters. The summed E-state index contributed by atoms with van der Waals surface area (Å²) in [6, 6.07) is 4.91. The number of carboxylic acid groups (broad SMARTS) is 1. The molecule has 1 saturated carbocycles. The zero-order valence-electron chi connectivity index (χ0n) is 14.8. The Balaban J connectivity index is 1.86. The number of carbonyl (C=O) groups is 2. The van der Waals surface area contributed by atoms with Crippen molar-refractivity contribution in [3.05, 3.63) is 29.3 Å². The number of aliphatic carboxylic acids is 1. The van der Waals surface area contributed by atoms with E-state index in [0.717, 1.165) is 11.1 Å². The first kappa shape index (κ1) is 18.8. The van der Waals surface area contributed by atoms with Gasteiger partial charge < -0.3 is 10.0 Å². The van der Waals surface area contributed by atoms with E-state index in [2.05, 4.69) is 4.72 Å². The average molecular weight is 380 g/mol. The molecule has 1 heterocycles. The summed E-state index contributed by atoms with van der Waals surface area (Å²) in [6.45, 7) is 2.70. The smallest absolute Gasteiger partial charge is 0.324 e. The molecule has 8 heteroatoms. The van der Waals surface area contributed by atoms with Crippen molar-refractivity contribution >= 4 is 21.9 Å². The lowest BCUT2D eigenvalue weighted by Crippen LogP contribution is -2.52. The van der Waals surface area contributed by atoms with Crippen LogP contribution in [0, 0.1) is 0 Å². The predicted molar refractivity (Wildman–Crippen MR) is 95.3 cm³/mol. The lowest BCUT2D eigenvalue weighted by atomic mass is 10.0. The first-order chi connectivity index (χ1) is 12.2. The third kappa shape index (κ3) is 3.61. The predicted octanol–water partition coefficient (Wildman–Crippen LogP) is 1.31. The number of amides is 1. The minimum Gasteiger partial charge on any atom is -0.480 e. The number of nitrogens with zero attached hydrogens (tertiary/aromatic N) is 1. The fraction of sp³-hybridized carbons (Fsp3) is 0.556. The van der Waals surface area contributed by atoms with Crippen LogP contribution < -0.4 is 4.72 Å². The monoisotopic (exact) mass is 380 g/mol. The normalized spacial score (nSPS) is 19.7. The van der Waals surface area contributed by atoms with Crippen molar-refractivity contribution in [1.29, 1.82) is 0 Å². The Hall–Kier alpha value is -1.93. The first-order valence-corrected chi connectivity index (χ1v) is 10.4. The average Bonchev–Trinajstić information content (AvgIpc) is 2.93. The van der Waals surface area contributed by atoms with Gasteiger partial charge in [-0.1, -0.05) is 18.9 Å². The molecule has 1 aromatic carbocycles. The maximum Gasteiger partial charge on any atom is 0.324 e. The van der Waals surface area contributed by atoms with E-state index in [-0.39, 0.29) is 10.8 Å². The topological polar surface area (TPSA) is 104 Å². The third-order valence-electron chi connectivity index (χ3n) is 5.43. The fourth-order valence-electron chi connectivity index (χ4n) is 3.84. The molecule has 0 aromatic heterocycles. The van der Waals surface area contributed by atoms with E-state index in [9.17, 15) is 23.1 Å². The molecule has 1 aliphatic carbocycles. The van der Waals surface area contributed by atoms with Crippen LogP contribution in [0.15, 0.2) is 23.1 Å². The maximum absolute atomic E-state index is 12.8. The molecule has 1 amide bonds. The summed E-state index contributed by atoms with van der Waals surface area (Å²) in [5, 5.41) is 9.52. The standard InChI is InChI=1S/C18H24N2O5S/c1-13(21)20-10-6-14-4-5-16(12-15(14)7-11-20)26(24,25)19-18(17(22)23)8-2-3-9-18/h4-5,12,19H,2-3,6-11H2,1H3,(H,22,23). The minimum absolute atomic E-state index is 0.0111. The van der Waals surface area contributed by atoms with E-state index in [1.54, 1.807) is 17.0 Å². The SMILES string of the molecule is CC(=O)N1CCc2ccc(S(=O)(=O)NC3(C(=O)O)CCCC3)cc2CC1. The Labute approximate surface area is 153 Å². The van der Waals surface area contributed by atoms with Gasteiger partial charge in [0.25, 0.3) is 0 Å². The van der Waals surface area contributed by atoms with Crippen molar-refractivity contribution in [2.75, 3.05) is 13.1 Å². The Morgan fingerprint density at radius 1 is 1.12 bits per heavy atom. The molecule has 1 fully saturated rings. The van der Waals surface area contributed by atoms with Crippen LogP contribution in [0.25, 0.3) is 0 Å². The summed E-state index contributed by atoms with van der Waals surface area (Å²) in [6.07, 6.45) is 3.27. The van der Waals surface area contributed by atoms with Gasteiger partial charge in [-0.15, -0.1) is 0 Å². The van der Waals surface area contributed by atoms with Crippen molar-refractivity contribution < 1.29 is 23.1 Å². The summed E-state index contributed by atoms with van der Waals surface area (Å²) in [5.41, 5.74) is 0.519. The second kappa shape index (κ2) is 7.00. The number of carbonyl (C=O) groups excluding carboxylic acids is 1. The molecule has 0 bridgehead atoms. The van der Waals surface area contributed by atoms with Crippen LogP contribution >= 0.6 is 0 Å². The molecular weight excluding hydrogens is 356 g/mol. The Morgan fingerprint density at radius 3 is 2.31 bits per heavy atom. The van der Waals surface area contributed by atoms with Gasteiger partial charge in [0.05, 0.1) is 4.90 Å². The van der Waals surface area contributed by atoms with Gasteiger partial charge in [0, 0.05) is 20.0 Å². The number of carboxylic acids is 1. The zero-order chi connectivity index (χ0) is 18.9. The van der Waals surface area contributed by atoms with E-state index in [4.69, 9.17) is 0 Å². The van der Waals surface area contributed by atoms with Crippen molar-refractivity contribution in [2.45, 2.75) is 55.9 Å². The molecule has 1 aromatic rings. The van der Waals surface area contributed by atoms with Crippen molar-refractivity contribution in [3.63, 3.8) is 0 Å². The molecule has 3 rings (SSSR count). The maximum atomic E-state index is 12.8. The quantitative estimate of drug-likeness (QED) is 0.820. The van der Waals surface area contributed by atoms with Gasteiger partial charge in [0.15, 0.2) is 0 Å². The number of hydrogen-bond donors (Lipinski definition) is 2. The molecular formula is C18H24N2O5S. The van der Waals surface area contributed by atoms with Gasteiger partial charge in [0.1, 0.15) is 5.54 Å². The summed E-state index contributed by atoms with van der Waals surface area (Å²) in [5.74, 6) is -1.11. The van der Waals surface area contributed by atoms with Gasteiger partial charge in [-0.05, 0) is 48.9 Å². The van der Waals surface area contributed by atoms with Crippen LogP contribution in [0.1, 0.15) is 43.7 Å².